The third-order valence-electron chi connectivity index (χ3n) is 4.28. The maximum absolute atomic E-state index is 11.1. The van der Waals surface area contributed by atoms with Gasteiger partial charge in [-0.15, -0.1) is 0 Å². The van der Waals surface area contributed by atoms with Crippen molar-refractivity contribution in [3.8, 4) is 17.0 Å². The second-order valence-corrected chi connectivity index (χ2v) is 6.95. The molecule has 2 heterocycles. The van der Waals surface area contributed by atoms with Crippen LogP contribution in [-0.2, 0) is 0 Å². The van der Waals surface area contributed by atoms with E-state index in [1.54, 1.807) is 38.6 Å². The van der Waals surface area contributed by atoms with Crippen LogP contribution in [0.3, 0.4) is 0 Å². The number of aliphatic hydroxyl groups is 1. The first-order valence-electron chi connectivity index (χ1n) is 10.3. The first-order chi connectivity index (χ1) is 16.0. The average Bonchev–Trinajstić information content (AvgIpc) is 3.26. The lowest BCUT2D eigenvalue weighted by Crippen LogP contribution is -2.22. The highest BCUT2D eigenvalue weighted by Gasteiger charge is 2.10. The standard InChI is InChI=1S/C13H11ClN4O.C9H11NO.C2H6O/c1-19-11-3-2-8(6-9(11)14)10-7-17-13-12(15)16-4-5-18(10)13;1-2-10-9(11)8-6-4-3-5-7-8;1-2-3/h2-7H,1H3,(H2,15,16);3-7H,2H2,1H3,(H,10,11);3H,2H2,1H3. The van der Waals surface area contributed by atoms with Gasteiger partial charge in [-0.2, -0.15) is 0 Å². The molecule has 0 spiro atoms. The molecule has 0 aliphatic rings. The van der Waals surface area contributed by atoms with Crippen molar-refractivity contribution >= 4 is 29.0 Å². The lowest BCUT2D eigenvalue weighted by atomic mass is 10.1. The van der Waals surface area contributed by atoms with E-state index in [4.69, 9.17) is 27.2 Å². The van der Waals surface area contributed by atoms with Gasteiger partial charge in [0.1, 0.15) is 5.75 Å². The Balaban J connectivity index is 0.000000234. The Morgan fingerprint density at radius 1 is 1.18 bits per heavy atom. The number of amides is 1. The Morgan fingerprint density at radius 3 is 2.48 bits per heavy atom. The Labute approximate surface area is 198 Å². The topological polar surface area (TPSA) is 115 Å². The number of anilines is 1. The van der Waals surface area contributed by atoms with Crippen LogP contribution in [0.2, 0.25) is 5.02 Å². The minimum Gasteiger partial charge on any atom is -0.495 e. The average molecular weight is 470 g/mol. The van der Waals surface area contributed by atoms with E-state index < -0.39 is 0 Å². The maximum Gasteiger partial charge on any atom is 0.251 e. The Hall–Kier alpha value is -3.62. The molecule has 0 saturated carbocycles. The smallest absolute Gasteiger partial charge is 0.251 e. The number of nitrogen functional groups attached to an aromatic ring is 1. The van der Waals surface area contributed by atoms with E-state index in [0.717, 1.165) is 11.3 Å². The normalized spacial score (nSPS) is 9.85. The molecule has 4 rings (SSSR count). The van der Waals surface area contributed by atoms with E-state index in [1.807, 2.05) is 53.9 Å². The van der Waals surface area contributed by atoms with Gasteiger partial charge in [0.05, 0.1) is 24.0 Å². The number of carbonyl (C=O) groups excluding carboxylic acids is 1. The molecule has 0 radical (unpaired) electrons. The van der Waals surface area contributed by atoms with Gasteiger partial charge in [-0.25, -0.2) is 9.97 Å². The maximum atomic E-state index is 11.1. The minimum atomic E-state index is -0.00639. The molecule has 174 valence electrons. The summed E-state index contributed by atoms with van der Waals surface area (Å²) in [5, 5.41) is 10.8. The fourth-order valence-corrected chi connectivity index (χ4v) is 3.09. The lowest BCUT2D eigenvalue weighted by molar-refractivity contribution is 0.0956. The number of carbonyl (C=O) groups is 1. The van der Waals surface area contributed by atoms with Crippen LogP contribution in [0.25, 0.3) is 16.9 Å². The van der Waals surface area contributed by atoms with Gasteiger partial charge in [0.25, 0.3) is 5.91 Å². The van der Waals surface area contributed by atoms with E-state index >= 15 is 0 Å². The fraction of sp³-hybridized carbons (Fsp3) is 0.208. The summed E-state index contributed by atoms with van der Waals surface area (Å²) in [5.41, 5.74) is 8.96. The van der Waals surface area contributed by atoms with Crippen LogP contribution >= 0.6 is 11.6 Å². The van der Waals surface area contributed by atoms with Crippen molar-refractivity contribution in [2.24, 2.45) is 0 Å². The highest BCUT2D eigenvalue weighted by molar-refractivity contribution is 6.32. The number of nitrogens with two attached hydrogens (primary N) is 1. The third kappa shape index (κ3) is 6.93. The van der Waals surface area contributed by atoms with E-state index in [1.165, 1.54) is 0 Å². The predicted molar refractivity (Wildman–Crippen MR) is 132 cm³/mol. The van der Waals surface area contributed by atoms with Crippen molar-refractivity contribution in [2.75, 3.05) is 26.0 Å². The fourth-order valence-electron chi connectivity index (χ4n) is 2.83. The molecule has 33 heavy (non-hydrogen) atoms. The van der Waals surface area contributed by atoms with Crippen LogP contribution in [0.5, 0.6) is 5.75 Å². The molecular formula is C24H28ClN5O3. The van der Waals surface area contributed by atoms with Crippen LogP contribution in [-0.4, -0.2) is 45.6 Å². The number of ether oxygens (including phenoxy) is 1. The van der Waals surface area contributed by atoms with Crippen LogP contribution in [0.1, 0.15) is 24.2 Å². The first-order valence-corrected chi connectivity index (χ1v) is 10.7. The number of aromatic nitrogens is 3. The zero-order valence-corrected chi connectivity index (χ0v) is 19.6. The number of imidazole rings is 1. The van der Waals surface area contributed by atoms with Gasteiger partial charge in [-0.05, 0) is 44.2 Å². The molecule has 4 aromatic rings. The number of hydrogen-bond donors (Lipinski definition) is 3. The van der Waals surface area contributed by atoms with Crippen molar-refractivity contribution in [2.45, 2.75) is 13.8 Å². The van der Waals surface area contributed by atoms with Crippen molar-refractivity contribution < 1.29 is 14.6 Å². The number of halogens is 1. The van der Waals surface area contributed by atoms with Crippen LogP contribution < -0.4 is 15.8 Å². The highest BCUT2D eigenvalue weighted by Crippen LogP contribution is 2.30. The Bertz CT molecular complexity index is 1170. The van der Waals surface area contributed by atoms with Gasteiger partial charge in [-0.1, -0.05) is 29.8 Å². The Morgan fingerprint density at radius 2 is 1.88 bits per heavy atom. The SMILES string of the molecule is CCNC(=O)c1ccccc1.CCO.COc1ccc(-c2cnc3c(N)nccn23)cc1Cl. The van der Waals surface area contributed by atoms with Gasteiger partial charge in [0, 0.05) is 36.7 Å². The monoisotopic (exact) mass is 469 g/mol. The largest absolute Gasteiger partial charge is 0.495 e. The minimum absolute atomic E-state index is 0.00639. The summed E-state index contributed by atoms with van der Waals surface area (Å²) in [6, 6.07) is 14.8. The van der Waals surface area contributed by atoms with Crippen LogP contribution in [0, 0.1) is 0 Å². The molecule has 0 aliphatic carbocycles. The number of benzene rings is 2. The highest BCUT2D eigenvalue weighted by atomic mass is 35.5. The molecular weight excluding hydrogens is 442 g/mol. The van der Waals surface area contributed by atoms with Gasteiger partial charge in [-0.3, -0.25) is 9.20 Å². The molecule has 0 saturated heterocycles. The second-order valence-electron chi connectivity index (χ2n) is 6.54. The summed E-state index contributed by atoms with van der Waals surface area (Å²) in [6.07, 6.45) is 5.19. The van der Waals surface area contributed by atoms with Crippen molar-refractivity contribution in [3.05, 3.63) is 77.7 Å². The van der Waals surface area contributed by atoms with Crippen LogP contribution in [0.15, 0.2) is 67.1 Å². The number of nitrogens with one attached hydrogen (secondary N) is 1. The number of fused-ring (bicyclic) bond motifs is 1. The Kier molecular flexibility index (Phi) is 10.1. The van der Waals surface area contributed by atoms with Gasteiger partial charge >= 0.3 is 0 Å². The molecule has 2 aromatic carbocycles. The van der Waals surface area contributed by atoms with E-state index in [-0.39, 0.29) is 12.5 Å². The van der Waals surface area contributed by atoms with Crippen molar-refractivity contribution in [3.63, 3.8) is 0 Å². The first kappa shape index (κ1) is 25.6. The van der Waals surface area contributed by atoms with Gasteiger partial charge < -0.3 is 20.9 Å². The second kappa shape index (κ2) is 13.0. The number of rotatable bonds is 4. The molecule has 0 aliphatic heterocycles. The third-order valence-corrected chi connectivity index (χ3v) is 4.57. The summed E-state index contributed by atoms with van der Waals surface area (Å²) in [6.45, 7) is 4.51. The number of methoxy groups -OCH3 is 1. The molecule has 0 unspecified atom stereocenters. The summed E-state index contributed by atoms with van der Waals surface area (Å²) in [5.74, 6) is 1.03. The van der Waals surface area contributed by atoms with E-state index in [0.29, 0.717) is 34.3 Å². The number of nitrogens with zero attached hydrogens (tertiary/aromatic N) is 3. The number of aliphatic hydroxyl groups excluding tert-OH is 1. The van der Waals surface area contributed by atoms with Gasteiger partial charge in [0.15, 0.2) is 11.5 Å². The molecule has 1 amide bonds. The summed E-state index contributed by atoms with van der Waals surface area (Å²) in [7, 11) is 1.58. The molecule has 4 N–H and O–H groups in total. The molecule has 0 fully saturated rings. The summed E-state index contributed by atoms with van der Waals surface area (Å²) < 4.78 is 7.02. The van der Waals surface area contributed by atoms with E-state index in [9.17, 15) is 4.79 Å². The zero-order valence-electron chi connectivity index (χ0n) is 18.8. The predicted octanol–water partition coefficient (Wildman–Crippen LogP) is 4.08. The molecule has 0 bridgehead atoms. The summed E-state index contributed by atoms with van der Waals surface area (Å²) in [4.78, 5) is 19.4. The van der Waals surface area contributed by atoms with Crippen LogP contribution in [0.4, 0.5) is 5.82 Å². The van der Waals surface area contributed by atoms with E-state index in [2.05, 4.69) is 15.3 Å². The molecule has 2 aromatic heterocycles. The quantitative estimate of drug-likeness (QED) is 0.415. The number of hydrogen-bond acceptors (Lipinski definition) is 6. The molecule has 8 nitrogen and oxygen atoms in total. The lowest BCUT2D eigenvalue weighted by Gasteiger charge is -2.06. The summed E-state index contributed by atoms with van der Waals surface area (Å²) >= 11 is 6.14. The van der Waals surface area contributed by atoms with Gasteiger partial charge in [0.2, 0.25) is 0 Å². The molecule has 0 atom stereocenters. The zero-order chi connectivity index (χ0) is 24.2. The van der Waals surface area contributed by atoms with Crippen molar-refractivity contribution in [1.29, 1.82) is 0 Å². The molecule has 9 heteroatoms. The van der Waals surface area contributed by atoms with Crippen molar-refractivity contribution in [1.82, 2.24) is 19.7 Å².